The number of H-pyrrole nitrogens is 1. The lowest BCUT2D eigenvalue weighted by Gasteiger charge is -2.07. The van der Waals surface area contributed by atoms with Gasteiger partial charge in [0.25, 0.3) is 0 Å². The van der Waals surface area contributed by atoms with E-state index in [4.69, 9.17) is 11.6 Å². The average molecular weight is 354 g/mol. The van der Waals surface area contributed by atoms with E-state index in [9.17, 15) is 18.3 Å². The van der Waals surface area contributed by atoms with Crippen LogP contribution >= 0.6 is 11.6 Å². The quantitative estimate of drug-likeness (QED) is 0.524. The molecule has 0 saturated carbocycles. The summed E-state index contributed by atoms with van der Waals surface area (Å²) in [4.78, 5) is 2.32. The second kappa shape index (κ2) is 5.83. The summed E-state index contributed by atoms with van der Waals surface area (Å²) in [5.41, 5.74) is 0.0934. The molecule has 1 aromatic heterocycles. The number of aromatic hydroxyl groups is 1. The van der Waals surface area contributed by atoms with Gasteiger partial charge in [0.05, 0.1) is 16.8 Å². The molecule has 0 amide bonds. The van der Waals surface area contributed by atoms with E-state index < -0.39 is 17.6 Å². The number of hydrogen-bond donors (Lipinski definition) is 2. The van der Waals surface area contributed by atoms with Gasteiger partial charge in [0.15, 0.2) is 5.69 Å². The summed E-state index contributed by atoms with van der Waals surface area (Å²) in [6, 6.07) is 8.57. The molecule has 0 fully saturated rings. The number of nitrogens with zero attached hydrogens (tertiary/aromatic N) is 2. The highest BCUT2D eigenvalue weighted by Crippen LogP contribution is 2.42. The fourth-order valence-corrected chi connectivity index (χ4v) is 2.59. The van der Waals surface area contributed by atoms with E-state index in [2.05, 4.69) is 15.2 Å². The second-order valence-corrected chi connectivity index (χ2v) is 5.62. The van der Waals surface area contributed by atoms with E-state index in [-0.39, 0.29) is 16.6 Å². The minimum Gasteiger partial charge on any atom is -0.493 e. The first-order chi connectivity index (χ1) is 11.3. The number of aromatic amines is 1. The molecule has 0 aliphatic heterocycles. The molecule has 2 aromatic carbocycles. The molecule has 1 heterocycles. The molecule has 0 unspecified atom stereocenters. The number of rotatable bonds is 2. The molecule has 24 heavy (non-hydrogen) atoms. The Balaban J connectivity index is 2.10. The summed E-state index contributed by atoms with van der Waals surface area (Å²) in [5, 5.41) is 18.5. The highest BCUT2D eigenvalue weighted by atomic mass is 35.5. The molecule has 8 heteroatoms. The molecule has 0 radical (unpaired) electrons. The highest BCUT2D eigenvalue weighted by Gasteiger charge is 2.34. The van der Waals surface area contributed by atoms with Gasteiger partial charge in [-0.15, -0.1) is 5.11 Å². The van der Waals surface area contributed by atoms with Crippen molar-refractivity contribution in [3.05, 3.63) is 52.5 Å². The predicted molar refractivity (Wildman–Crippen MR) is 85.3 cm³/mol. The molecule has 2 N–H and O–H groups in total. The van der Waals surface area contributed by atoms with Crippen molar-refractivity contribution < 1.29 is 18.3 Å². The van der Waals surface area contributed by atoms with Crippen LogP contribution < -0.4 is 0 Å². The number of azo groups is 1. The van der Waals surface area contributed by atoms with Gasteiger partial charge in [-0.25, -0.2) is 0 Å². The first kappa shape index (κ1) is 16.3. The van der Waals surface area contributed by atoms with Crippen LogP contribution in [0.3, 0.4) is 0 Å². The van der Waals surface area contributed by atoms with Crippen LogP contribution in [-0.4, -0.2) is 10.1 Å². The summed E-state index contributed by atoms with van der Waals surface area (Å²) in [6.45, 7) is 1.77. The largest absolute Gasteiger partial charge is 0.493 e. The lowest BCUT2D eigenvalue weighted by atomic mass is 10.1. The predicted octanol–water partition coefficient (Wildman–Crippen LogP) is 6.27. The number of nitrogens with one attached hydrogen (secondary N) is 1. The van der Waals surface area contributed by atoms with Gasteiger partial charge in [-0.2, -0.15) is 18.3 Å². The minimum absolute atomic E-state index is 0.0505. The zero-order valence-electron chi connectivity index (χ0n) is 12.3. The Kier molecular flexibility index (Phi) is 3.96. The average Bonchev–Trinajstić information content (AvgIpc) is 2.81. The van der Waals surface area contributed by atoms with Crippen LogP contribution in [-0.2, 0) is 6.18 Å². The van der Waals surface area contributed by atoms with Gasteiger partial charge < -0.3 is 10.1 Å². The first-order valence-electron chi connectivity index (χ1n) is 6.86. The Hall–Kier alpha value is -2.54. The van der Waals surface area contributed by atoms with Crippen molar-refractivity contribution >= 4 is 33.9 Å². The number of hydrogen-bond acceptors (Lipinski definition) is 3. The van der Waals surface area contributed by atoms with Crippen LogP contribution in [0.1, 0.15) is 11.1 Å². The first-order valence-corrected chi connectivity index (χ1v) is 7.24. The SMILES string of the molecule is Cc1cc(Cl)ccc1N=Nc1c(O)[nH]c2c(C(F)(F)F)cccc12. The summed E-state index contributed by atoms with van der Waals surface area (Å²) < 4.78 is 39.1. The Morgan fingerprint density at radius 2 is 1.88 bits per heavy atom. The summed E-state index contributed by atoms with van der Waals surface area (Å²) in [7, 11) is 0. The summed E-state index contributed by atoms with van der Waals surface area (Å²) >= 11 is 5.86. The molecule has 124 valence electrons. The van der Waals surface area contributed by atoms with Crippen molar-refractivity contribution in [2.75, 3.05) is 0 Å². The number of aryl methyl sites for hydroxylation is 1. The monoisotopic (exact) mass is 353 g/mol. The van der Waals surface area contributed by atoms with E-state index in [0.29, 0.717) is 10.7 Å². The minimum atomic E-state index is -4.54. The number of aromatic nitrogens is 1. The fraction of sp³-hybridized carbons (Fsp3) is 0.125. The van der Waals surface area contributed by atoms with Gasteiger partial charge in [-0.3, -0.25) is 0 Å². The van der Waals surface area contributed by atoms with Crippen molar-refractivity contribution in [2.24, 2.45) is 10.2 Å². The molecule has 0 saturated heterocycles. The summed E-state index contributed by atoms with van der Waals surface area (Å²) in [5.74, 6) is -0.475. The van der Waals surface area contributed by atoms with Crippen LogP contribution in [0.4, 0.5) is 24.5 Å². The maximum absolute atomic E-state index is 13.0. The molecule has 0 atom stereocenters. The molecule has 0 aliphatic carbocycles. The Morgan fingerprint density at radius 3 is 2.54 bits per heavy atom. The third-order valence-corrected chi connectivity index (χ3v) is 3.74. The van der Waals surface area contributed by atoms with Gasteiger partial charge >= 0.3 is 6.18 Å². The molecule has 3 aromatic rings. The van der Waals surface area contributed by atoms with E-state index in [0.717, 1.165) is 11.6 Å². The Bertz CT molecular complexity index is 948. The number of halogens is 4. The highest BCUT2D eigenvalue weighted by molar-refractivity contribution is 6.30. The Labute approximate surface area is 139 Å². The zero-order chi connectivity index (χ0) is 17.5. The van der Waals surface area contributed by atoms with Crippen molar-refractivity contribution in [1.82, 2.24) is 4.98 Å². The van der Waals surface area contributed by atoms with E-state index >= 15 is 0 Å². The molecule has 0 bridgehead atoms. The second-order valence-electron chi connectivity index (χ2n) is 5.18. The lowest BCUT2D eigenvalue weighted by Crippen LogP contribution is -2.05. The van der Waals surface area contributed by atoms with E-state index in [1.54, 1.807) is 25.1 Å². The Morgan fingerprint density at radius 1 is 1.12 bits per heavy atom. The van der Waals surface area contributed by atoms with Crippen LogP contribution in [0.2, 0.25) is 5.02 Å². The standard InChI is InChI=1S/C16H11ClF3N3O/c1-8-7-9(17)5-6-12(8)22-23-14-10-3-2-4-11(16(18,19)20)13(10)21-15(14)24/h2-7,21,24H,1H3. The van der Waals surface area contributed by atoms with Crippen LogP contribution in [0, 0.1) is 6.92 Å². The third kappa shape index (κ3) is 2.94. The molecular weight excluding hydrogens is 343 g/mol. The van der Waals surface area contributed by atoms with Crippen LogP contribution in [0.5, 0.6) is 5.88 Å². The number of alkyl halides is 3. The molecule has 3 rings (SSSR count). The van der Waals surface area contributed by atoms with Gasteiger partial charge in [-0.05, 0) is 36.8 Å². The van der Waals surface area contributed by atoms with Crippen molar-refractivity contribution in [1.29, 1.82) is 0 Å². The topological polar surface area (TPSA) is 60.7 Å². The molecule has 0 aliphatic rings. The van der Waals surface area contributed by atoms with Crippen molar-refractivity contribution in [3.63, 3.8) is 0 Å². The maximum Gasteiger partial charge on any atom is 0.418 e. The van der Waals surface area contributed by atoms with Gasteiger partial charge in [0, 0.05) is 10.4 Å². The van der Waals surface area contributed by atoms with Gasteiger partial charge in [-0.1, -0.05) is 23.7 Å². The third-order valence-electron chi connectivity index (χ3n) is 3.51. The molecular formula is C16H11ClF3N3O. The van der Waals surface area contributed by atoms with Gasteiger partial charge in [0.1, 0.15) is 0 Å². The summed E-state index contributed by atoms with van der Waals surface area (Å²) in [6.07, 6.45) is -4.54. The fourth-order valence-electron chi connectivity index (χ4n) is 2.36. The van der Waals surface area contributed by atoms with E-state index in [1.165, 1.54) is 12.1 Å². The number of fused-ring (bicyclic) bond motifs is 1. The number of para-hydroxylation sites is 1. The molecule has 4 nitrogen and oxygen atoms in total. The smallest absolute Gasteiger partial charge is 0.418 e. The normalized spacial score (nSPS) is 12.4. The van der Waals surface area contributed by atoms with Crippen LogP contribution in [0.15, 0.2) is 46.6 Å². The maximum atomic E-state index is 13.0. The van der Waals surface area contributed by atoms with Gasteiger partial charge in [0.2, 0.25) is 5.88 Å². The lowest BCUT2D eigenvalue weighted by molar-refractivity contribution is -0.136. The van der Waals surface area contributed by atoms with Crippen molar-refractivity contribution in [2.45, 2.75) is 13.1 Å². The number of benzene rings is 2. The van der Waals surface area contributed by atoms with Crippen molar-refractivity contribution in [3.8, 4) is 5.88 Å². The van der Waals surface area contributed by atoms with E-state index in [1.807, 2.05) is 0 Å². The van der Waals surface area contributed by atoms with Crippen LogP contribution in [0.25, 0.3) is 10.9 Å². The molecule has 0 spiro atoms. The zero-order valence-corrected chi connectivity index (χ0v) is 13.1.